The van der Waals surface area contributed by atoms with E-state index in [0.29, 0.717) is 21.7 Å². The van der Waals surface area contributed by atoms with Gasteiger partial charge in [-0.2, -0.15) is 0 Å². The Kier molecular flexibility index (Phi) is 4.20. The van der Waals surface area contributed by atoms with Gasteiger partial charge in [-0.3, -0.25) is 0 Å². The normalized spacial score (nSPS) is 10.2. The summed E-state index contributed by atoms with van der Waals surface area (Å²) < 4.78 is 0. The van der Waals surface area contributed by atoms with Gasteiger partial charge in [0.15, 0.2) is 0 Å². The summed E-state index contributed by atoms with van der Waals surface area (Å²) in [5.74, 6) is 0.617. The van der Waals surface area contributed by atoms with Gasteiger partial charge in [0.25, 0.3) is 0 Å². The maximum absolute atomic E-state index is 6.09. The number of H-pyrrole nitrogens is 1. The number of imidazole rings is 1. The maximum Gasteiger partial charge on any atom is 0.205 e. The number of para-hydroxylation sites is 3. The first-order chi connectivity index (χ1) is 8.74. The summed E-state index contributed by atoms with van der Waals surface area (Å²) in [5, 5.41) is 4.22. The van der Waals surface area contributed by atoms with Crippen LogP contribution in [0.4, 0.5) is 11.6 Å². The fourth-order valence-electron chi connectivity index (χ4n) is 1.75. The number of benzene rings is 2. The lowest BCUT2D eigenvalue weighted by Gasteiger charge is -2.06. The average Bonchev–Trinajstić information content (AvgIpc) is 2.76. The molecule has 2 N–H and O–H groups in total. The SMILES string of the molecule is Cl.Clc1cccc(Cl)c1Nc1nc2ccccc2[nH]1. The summed E-state index contributed by atoms with van der Waals surface area (Å²) in [4.78, 5) is 7.57. The first kappa shape index (κ1) is 14.0. The summed E-state index contributed by atoms with van der Waals surface area (Å²) in [6, 6.07) is 13.1. The van der Waals surface area contributed by atoms with E-state index in [0.717, 1.165) is 11.0 Å². The second-order valence-electron chi connectivity index (χ2n) is 3.82. The van der Waals surface area contributed by atoms with Crippen molar-refractivity contribution in [1.82, 2.24) is 9.97 Å². The van der Waals surface area contributed by atoms with E-state index in [1.165, 1.54) is 0 Å². The smallest absolute Gasteiger partial charge is 0.205 e. The number of fused-ring (bicyclic) bond motifs is 1. The molecule has 0 spiro atoms. The van der Waals surface area contributed by atoms with Crippen LogP contribution in [-0.2, 0) is 0 Å². The van der Waals surface area contributed by atoms with Gasteiger partial charge < -0.3 is 10.3 Å². The van der Waals surface area contributed by atoms with Crippen LogP contribution in [0.3, 0.4) is 0 Å². The number of aromatic amines is 1. The molecule has 1 aromatic heterocycles. The zero-order valence-corrected chi connectivity index (χ0v) is 12.0. The lowest BCUT2D eigenvalue weighted by Crippen LogP contribution is -1.93. The molecule has 1 heterocycles. The first-order valence-electron chi connectivity index (χ1n) is 5.40. The molecule has 0 atom stereocenters. The summed E-state index contributed by atoms with van der Waals surface area (Å²) >= 11 is 12.2. The minimum Gasteiger partial charge on any atom is -0.324 e. The van der Waals surface area contributed by atoms with Crippen LogP contribution in [0.1, 0.15) is 0 Å². The minimum atomic E-state index is 0. The average molecular weight is 315 g/mol. The molecule has 0 aliphatic heterocycles. The molecule has 0 amide bonds. The number of halogens is 3. The molecule has 0 unspecified atom stereocenters. The predicted molar refractivity (Wildman–Crippen MR) is 83.1 cm³/mol. The van der Waals surface area contributed by atoms with Gasteiger partial charge in [-0.15, -0.1) is 12.4 Å². The molecule has 19 heavy (non-hydrogen) atoms. The first-order valence-corrected chi connectivity index (χ1v) is 6.15. The predicted octanol–water partition coefficient (Wildman–Crippen LogP) is 5.04. The Labute approximate surface area is 126 Å². The van der Waals surface area contributed by atoms with E-state index >= 15 is 0 Å². The largest absolute Gasteiger partial charge is 0.324 e. The second-order valence-corrected chi connectivity index (χ2v) is 4.64. The monoisotopic (exact) mass is 313 g/mol. The summed E-state index contributed by atoms with van der Waals surface area (Å²) in [7, 11) is 0. The standard InChI is InChI=1S/C13H9Cl2N3.ClH/c14-8-4-3-5-9(15)12(8)18-13-16-10-6-1-2-7-11(10)17-13;/h1-7H,(H2,16,17,18);1H. The highest BCUT2D eigenvalue weighted by atomic mass is 35.5. The van der Waals surface area contributed by atoms with E-state index in [4.69, 9.17) is 23.2 Å². The number of nitrogens with one attached hydrogen (secondary N) is 2. The molecular weight excluding hydrogens is 305 g/mol. The van der Waals surface area contributed by atoms with E-state index in [-0.39, 0.29) is 12.4 Å². The van der Waals surface area contributed by atoms with Crippen molar-refractivity contribution < 1.29 is 0 Å². The zero-order chi connectivity index (χ0) is 12.5. The zero-order valence-electron chi connectivity index (χ0n) is 9.65. The van der Waals surface area contributed by atoms with Crippen LogP contribution in [-0.4, -0.2) is 9.97 Å². The van der Waals surface area contributed by atoms with Crippen LogP contribution >= 0.6 is 35.6 Å². The number of rotatable bonds is 2. The third-order valence-corrected chi connectivity index (χ3v) is 3.23. The highest BCUT2D eigenvalue weighted by molar-refractivity contribution is 6.39. The van der Waals surface area contributed by atoms with Crippen LogP contribution in [0, 0.1) is 0 Å². The van der Waals surface area contributed by atoms with Crippen molar-refractivity contribution in [3.05, 3.63) is 52.5 Å². The van der Waals surface area contributed by atoms with Crippen LogP contribution in [0.2, 0.25) is 10.0 Å². The number of anilines is 2. The highest BCUT2D eigenvalue weighted by Crippen LogP contribution is 2.32. The molecule has 3 nitrogen and oxygen atoms in total. The van der Waals surface area contributed by atoms with Crippen LogP contribution < -0.4 is 5.32 Å². The molecule has 3 aromatic rings. The van der Waals surface area contributed by atoms with Crippen molar-refractivity contribution in [3.8, 4) is 0 Å². The van der Waals surface area contributed by atoms with E-state index < -0.39 is 0 Å². The quantitative estimate of drug-likeness (QED) is 0.696. The lowest BCUT2D eigenvalue weighted by molar-refractivity contribution is 1.31. The number of nitrogens with zero attached hydrogens (tertiary/aromatic N) is 1. The molecule has 0 fully saturated rings. The number of hydrogen-bond acceptors (Lipinski definition) is 2. The van der Waals surface area contributed by atoms with Gasteiger partial charge in [0, 0.05) is 0 Å². The Hall–Kier alpha value is -1.42. The Morgan fingerprint density at radius 3 is 2.32 bits per heavy atom. The summed E-state index contributed by atoms with van der Waals surface area (Å²) in [6.45, 7) is 0. The van der Waals surface area contributed by atoms with Crippen molar-refractivity contribution in [2.75, 3.05) is 5.32 Å². The Morgan fingerprint density at radius 1 is 0.947 bits per heavy atom. The molecule has 0 radical (unpaired) electrons. The van der Waals surface area contributed by atoms with E-state index in [1.54, 1.807) is 18.2 Å². The van der Waals surface area contributed by atoms with Crippen LogP contribution in [0.5, 0.6) is 0 Å². The molecule has 3 rings (SSSR count). The molecule has 98 valence electrons. The van der Waals surface area contributed by atoms with E-state index in [1.807, 2.05) is 24.3 Å². The van der Waals surface area contributed by atoms with Gasteiger partial charge in [-0.05, 0) is 24.3 Å². The van der Waals surface area contributed by atoms with Crippen molar-refractivity contribution >= 4 is 58.3 Å². The van der Waals surface area contributed by atoms with Crippen molar-refractivity contribution in [2.24, 2.45) is 0 Å². The molecule has 0 saturated carbocycles. The summed E-state index contributed by atoms with van der Waals surface area (Å²) in [5.41, 5.74) is 2.51. The van der Waals surface area contributed by atoms with Gasteiger partial charge in [-0.1, -0.05) is 41.4 Å². The summed E-state index contributed by atoms with van der Waals surface area (Å²) in [6.07, 6.45) is 0. The number of hydrogen-bond donors (Lipinski definition) is 2. The molecule has 6 heteroatoms. The minimum absolute atomic E-state index is 0. The Morgan fingerprint density at radius 2 is 1.63 bits per heavy atom. The Balaban J connectivity index is 0.00000133. The third kappa shape index (κ3) is 2.78. The molecular formula is C13H10Cl3N3. The van der Waals surface area contributed by atoms with Gasteiger partial charge >= 0.3 is 0 Å². The number of aromatic nitrogens is 2. The molecule has 0 saturated heterocycles. The van der Waals surface area contributed by atoms with Gasteiger partial charge in [0.2, 0.25) is 5.95 Å². The van der Waals surface area contributed by atoms with Crippen molar-refractivity contribution in [2.45, 2.75) is 0 Å². The van der Waals surface area contributed by atoms with Crippen molar-refractivity contribution in [1.29, 1.82) is 0 Å². The fourth-order valence-corrected chi connectivity index (χ4v) is 2.24. The van der Waals surface area contributed by atoms with Gasteiger partial charge in [0.1, 0.15) is 0 Å². The maximum atomic E-state index is 6.09. The molecule has 2 aromatic carbocycles. The fraction of sp³-hybridized carbons (Fsp3) is 0. The molecule has 0 bridgehead atoms. The topological polar surface area (TPSA) is 40.7 Å². The van der Waals surface area contributed by atoms with Gasteiger partial charge in [0.05, 0.1) is 26.8 Å². The van der Waals surface area contributed by atoms with Crippen LogP contribution in [0.15, 0.2) is 42.5 Å². The van der Waals surface area contributed by atoms with Crippen molar-refractivity contribution in [3.63, 3.8) is 0 Å². The highest BCUT2D eigenvalue weighted by Gasteiger charge is 2.08. The molecule has 0 aliphatic carbocycles. The Bertz CT molecular complexity index is 656. The van der Waals surface area contributed by atoms with Gasteiger partial charge in [-0.25, -0.2) is 4.98 Å². The molecule has 0 aliphatic rings. The van der Waals surface area contributed by atoms with E-state index in [2.05, 4.69) is 15.3 Å². The van der Waals surface area contributed by atoms with Crippen LogP contribution in [0.25, 0.3) is 11.0 Å². The second kappa shape index (κ2) is 5.70. The lowest BCUT2D eigenvalue weighted by atomic mass is 10.3. The third-order valence-electron chi connectivity index (χ3n) is 2.60. The van der Waals surface area contributed by atoms with E-state index in [9.17, 15) is 0 Å².